The van der Waals surface area contributed by atoms with Crippen LogP contribution >= 0.6 is 0 Å². The van der Waals surface area contributed by atoms with Gasteiger partial charge in [0.25, 0.3) is 0 Å². The summed E-state index contributed by atoms with van der Waals surface area (Å²) in [6.07, 6.45) is 2.76. The van der Waals surface area contributed by atoms with Gasteiger partial charge in [-0.05, 0) is 25.0 Å². The van der Waals surface area contributed by atoms with Crippen molar-refractivity contribution in [2.75, 3.05) is 5.32 Å². The Balaban J connectivity index is 2.06. The summed E-state index contributed by atoms with van der Waals surface area (Å²) in [6.45, 7) is 3.96. The van der Waals surface area contributed by atoms with Crippen LogP contribution in [0.2, 0.25) is 0 Å². The summed E-state index contributed by atoms with van der Waals surface area (Å²) in [4.78, 5) is 4.14. The van der Waals surface area contributed by atoms with Crippen LogP contribution in [0.5, 0.6) is 0 Å². The number of imidazole rings is 1. The smallest absolute Gasteiger partial charge is 0.175 e. The van der Waals surface area contributed by atoms with Crippen molar-refractivity contribution in [3.63, 3.8) is 0 Å². The van der Waals surface area contributed by atoms with Gasteiger partial charge in [0.2, 0.25) is 0 Å². The first kappa shape index (κ1) is 12.6. The number of aryl methyl sites for hydroxylation is 2. The molecule has 0 aliphatic heterocycles. The predicted molar refractivity (Wildman–Crippen MR) is 74.3 cm³/mol. The van der Waals surface area contributed by atoms with Gasteiger partial charge in [0.05, 0.1) is 6.20 Å². The summed E-state index contributed by atoms with van der Waals surface area (Å²) in [7, 11) is 0. The molecule has 20 heavy (non-hydrogen) atoms. The van der Waals surface area contributed by atoms with Crippen LogP contribution in [-0.2, 0) is 0 Å². The van der Waals surface area contributed by atoms with Crippen molar-refractivity contribution in [2.45, 2.75) is 13.8 Å². The molecule has 102 valence electrons. The van der Waals surface area contributed by atoms with E-state index in [9.17, 15) is 8.78 Å². The highest BCUT2D eigenvalue weighted by atomic mass is 19.1. The van der Waals surface area contributed by atoms with E-state index in [0.29, 0.717) is 5.82 Å². The van der Waals surface area contributed by atoms with Gasteiger partial charge in [0.1, 0.15) is 11.6 Å². The summed E-state index contributed by atoms with van der Waals surface area (Å²) >= 11 is 0. The molecule has 5 heteroatoms. The van der Waals surface area contributed by atoms with Crippen molar-refractivity contribution in [3.05, 3.63) is 59.4 Å². The normalized spacial score (nSPS) is 11.0. The number of fused-ring (bicyclic) bond motifs is 1. The lowest BCUT2D eigenvalue weighted by atomic mass is 10.1. The van der Waals surface area contributed by atoms with Crippen molar-refractivity contribution < 1.29 is 8.78 Å². The monoisotopic (exact) mass is 273 g/mol. The topological polar surface area (TPSA) is 29.3 Å². The molecule has 0 radical (unpaired) electrons. The SMILES string of the molecule is Cc1cccc(C)c1Nc1cn2cc(F)cc(F)c2n1. The minimum absolute atomic E-state index is 0.0973. The molecule has 2 aromatic heterocycles. The second-order valence-corrected chi connectivity index (χ2v) is 4.76. The first-order valence-electron chi connectivity index (χ1n) is 6.21. The number of hydrogen-bond acceptors (Lipinski definition) is 2. The highest BCUT2D eigenvalue weighted by Crippen LogP contribution is 2.24. The van der Waals surface area contributed by atoms with Gasteiger partial charge in [0.15, 0.2) is 11.5 Å². The number of aromatic nitrogens is 2. The van der Waals surface area contributed by atoms with Crippen LogP contribution in [-0.4, -0.2) is 9.38 Å². The van der Waals surface area contributed by atoms with Gasteiger partial charge in [-0.25, -0.2) is 13.8 Å². The van der Waals surface area contributed by atoms with Crippen LogP contribution in [0.25, 0.3) is 5.65 Å². The Hall–Kier alpha value is -2.43. The van der Waals surface area contributed by atoms with E-state index < -0.39 is 11.6 Å². The lowest BCUT2D eigenvalue weighted by Crippen LogP contribution is -1.95. The third kappa shape index (κ3) is 2.11. The molecule has 1 aromatic carbocycles. The number of anilines is 2. The van der Waals surface area contributed by atoms with Crippen LogP contribution in [0.3, 0.4) is 0 Å². The molecule has 3 rings (SSSR count). The minimum Gasteiger partial charge on any atom is -0.338 e. The lowest BCUT2D eigenvalue weighted by Gasteiger charge is -2.09. The summed E-state index contributed by atoms with van der Waals surface area (Å²) in [6, 6.07) is 6.75. The van der Waals surface area contributed by atoms with E-state index in [1.54, 1.807) is 6.20 Å². The third-order valence-electron chi connectivity index (χ3n) is 3.21. The molecule has 0 unspecified atom stereocenters. The molecule has 0 atom stereocenters. The molecule has 0 aliphatic rings. The van der Waals surface area contributed by atoms with Gasteiger partial charge in [-0.2, -0.15) is 0 Å². The summed E-state index contributed by atoms with van der Waals surface area (Å²) in [5, 5.41) is 3.16. The predicted octanol–water partition coefficient (Wildman–Crippen LogP) is 3.97. The van der Waals surface area contributed by atoms with Crippen LogP contribution in [0.1, 0.15) is 11.1 Å². The second-order valence-electron chi connectivity index (χ2n) is 4.76. The molecule has 0 saturated heterocycles. The Morgan fingerprint density at radius 1 is 1.10 bits per heavy atom. The van der Waals surface area contributed by atoms with Crippen LogP contribution in [0.15, 0.2) is 36.7 Å². The van der Waals surface area contributed by atoms with E-state index in [-0.39, 0.29) is 5.65 Å². The maximum absolute atomic E-state index is 13.6. The largest absolute Gasteiger partial charge is 0.338 e. The molecule has 2 heterocycles. The Bertz CT molecular complexity index is 773. The average Bonchev–Trinajstić information content (AvgIpc) is 2.77. The molecule has 0 fully saturated rings. The fourth-order valence-corrected chi connectivity index (χ4v) is 2.22. The number of pyridine rings is 1. The lowest BCUT2D eigenvalue weighted by molar-refractivity contribution is 0.577. The van der Waals surface area contributed by atoms with Crippen molar-refractivity contribution >= 4 is 17.2 Å². The first-order chi connectivity index (χ1) is 9.54. The van der Waals surface area contributed by atoms with E-state index in [4.69, 9.17) is 0 Å². The number of nitrogens with one attached hydrogen (secondary N) is 1. The maximum Gasteiger partial charge on any atom is 0.175 e. The molecule has 0 aliphatic carbocycles. The highest BCUT2D eigenvalue weighted by Gasteiger charge is 2.10. The van der Waals surface area contributed by atoms with Gasteiger partial charge < -0.3 is 5.32 Å². The van der Waals surface area contributed by atoms with E-state index in [2.05, 4.69) is 10.3 Å². The van der Waals surface area contributed by atoms with Crippen LogP contribution in [0, 0.1) is 25.5 Å². The Labute approximate surface area is 114 Å². The van der Waals surface area contributed by atoms with Gasteiger partial charge in [0, 0.05) is 18.0 Å². The summed E-state index contributed by atoms with van der Waals surface area (Å²) in [5.41, 5.74) is 3.15. The second kappa shape index (κ2) is 4.59. The Morgan fingerprint density at radius 2 is 1.80 bits per heavy atom. The van der Waals surface area contributed by atoms with Crippen molar-refractivity contribution in [2.24, 2.45) is 0 Å². The molecule has 0 saturated carbocycles. The fraction of sp³-hybridized carbons (Fsp3) is 0.133. The number of benzene rings is 1. The molecule has 3 nitrogen and oxygen atoms in total. The highest BCUT2D eigenvalue weighted by molar-refractivity contribution is 5.65. The summed E-state index contributed by atoms with van der Waals surface area (Å²) in [5.74, 6) is -0.836. The molecule has 0 spiro atoms. The first-order valence-corrected chi connectivity index (χ1v) is 6.21. The molecule has 3 aromatic rings. The zero-order chi connectivity index (χ0) is 14.3. The number of hydrogen-bond donors (Lipinski definition) is 1. The van der Waals surface area contributed by atoms with Crippen LogP contribution in [0.4, 0.5) is 20.3 Å². The van der Waals surface area contributed by atoms with E-state index >= 15 is 0 Å². The van der Waals surface area contributed by atoms with Gasteiger partial charge in [-0.1, -0.05) is 18.2 Å². The van der Waals surface area contributed by atoms with Crippen LogP contribution < -0.4 is 5.32 Å². The fourth-order valence-electron chi connectivity index (χ4n) is 2.22. The summed E-state index contributed by atoms with van der Waals surface area (Å²) < 4.78 is 28.1. The molecule has 1 N–H and O–H groups in total. The van der Waals surface area contributed by atoms with Gasteiger partial charge in [-0.3, -0.25) is 4.40 Å². The molecular formula is C15H13F2N3. The molecule has 0 bridgehead atoms. The number of nitrogens with zero attached hydrogens (tertiary/aromatic N) is 2. The quantitative estimate of drug-likeness (QED) is 0.765. The Kier molecular flexibility index (Phi) is 2.89. The van der Waals surface area contributed by atoms with E-state index in [1.165, 1.54) is 10.6 Å². The van der Waals surface area contributed by atoms with Gasteiger partial charge >= 0.3 is 0 Å². The zero-order valence-electron chi connectivity index (χ0n) is 11.1. The standard InChI is InChI=1S/C15H13F2N3/c1-9-4-3-5-10(2)14(9)18-13-8-20-7-11(16)6-12(17)15(20)19-13/h3-8,18H,1-2H3. The third-order valence-corrected chi connectivity index (χ3v) is 3.21. The zero-order valence-corrected chi connectivity index (χ0v) is 11.1. The number of para-hydroxylation sites is 1. The molecular weight excluding hydrogens is 260 g/mol. The average molecular weight is 273 g/mol. The van der Waals surface area contributed by atoms with Gasteiger partial charge in [-0.15, -0.1) is 0 Å². The van der Waals surface area contributed by atoms with Crippen molar-refractivity contribution in [3.8, 4) is 0 Å². The molecule has 0 amide bonds. The van der Waals surface area contributed by atoms with Crippen molar-refractivity contribution in [1.82, 2.24) is 9.38 Å². The maximum atomic E-state index is 13.6. The Morgan fingerprint density at radius 3 is 2.50 bits per heavy atom. The van der Waals surface area contributed by atoms with E-state index in [1.807, 2.05) is 32.0 Å². The minimum atomic E-state index is -0.681. The van der Waals surface area contributed by atoms with E-state index in [0.717, 1.165) is 22.9 Å². The van der Waals surface area contributed by atoms with Crippen molar-refractivity contribution in [1.29, 1.82) is 0 Å². The number of rotatable bonds is 2. The number of halogens is 2.